The third kappa shape index (κ3) is 3.55. The summed E-state index contributed by atoms with van der Waals surface area (Å²) >= 11 is 0. The van der Waals surface area contributed by atoms with Crippen LogP contribution in [0, 0.1) is 5.41 Å². The van der Waals surface area contributed by atoms with Crippen LogP contribution in [-0.2, 0) is 13.0 Å². The van der Waals surface area contributed by atoms with E-state index in [-0.39, 0.29) is 12.0 Å². The summed E-state index contributed by atoms with van der Waals surface area (Å²) in [5.41, 5.74) is 1.22. The number of aliphatic hydroxyl groups is 1. The molecule has 0 saturated carbocycles. The van der Waals surface area contributed by atoms with Crippen LogP contribution < -0.4 is 0 Å². The molecule has 0 atom stereocenters. The molecule has 4 nitrogen and oxygen atoms in total. The van der Waals surface area contributed by atoms with E-state index in [1.54, 1.807) is 4.68 Å². The molecule has 1 heterocycles. The first-order valence-electron chi connectivity index (χ1n) is 4.51. The quantitative estimate of drug-likeness (QED) is 0.756. The smallest absolute Gasteiger partial charge is 0.0832 e. The number of aromatic nitrogens is 3. The number of nitrogens with zero attached hydrogens (tertiary/aromatic N) is 3. The number of aliphatic hydroxyl groups excluding tert-OH is 1. The fourth-order valence-corrected chi connectivity index (χ4v) is 1.17. The van der Waals surface area contributed by atoms with Gasteiger partial charge in [0.15, 0.2) is 0 Å². The van der Waals surface area contributed by atoms with Gasteiger partial charge in [-0.1, -0.05) is 26.0 Å². The Hall–Kier alpha value is -0.900. The lowest BCUT2D eigenvalue weighted by atomic mass is 9.91. The summed E-state index contributed by atoms with van der Waals surface area (Å²) in [4.78, 5) is 0. The van der Waals surface area contributed by atoms with E-state index in [0.29, 0.717) is 6.54 Å². The maximum Gasteiger partial charge on any atom is 0.0832 e. The first kappa shape index (κ1) is 10.2. The molecule has 0 aliphatic rings. The molecule has 0 amide bonds. The van der Waals surface area contributed by atoms with Crippen LogP contribution in [0.3, 0.4) is 0 Å². The Kier molecular flexibility index (Phi) is 3.03. The maximum atomic E-state index is 8.67. The Morgan fingerprint density at radius 2 is 2.15 bits per heavy atom. The van der Waals surface area contributed by atoms with Crippen LogP contribution in [0.1, 0.15) is 26.5 Å². The minimum absolute atomic E-state index is 0.109. The van der Waals surface area contributed by atoms with Gasteiger partial charge in [0.25, 0.3) is 0 Å². The summed E-state index contributed by atoms with van der Waals surface area (Å²) in [7, 11) is 0. The highest BCUT2D eigenvalue weighted by Gasteiger charge is 2.13. The maximum absolute atomic E-state index is 8.67. The van der Waals surface area contributed by atoms with Gasteiger partial charge in [-0.15, -0.1) is 5.10 Å². The largest absolute Gasteiger partial charge is 0.394 e. The fourth-order valence-electron chi connectivity index (χ4n) is 1.17. The number of hydrogen-bond donors (Lipinski definition) is 1. The first-order chi connectivity index (χ1) is 6.01. The monoisotopic (exact) mass is 183 g/mol. The van der Waals surface area contributed by atoms with Crippen LogP contribution in [-0.4, -0.2) is 26.7 Å². The SMILES string of the molecule is CC(C)(C)Cc1cn(CCO)nn1. The van der Waals surface area contributed by atoms with Crippen LogP contribution in [0.2, 0.25) is 0 Å². The number of rotatable bonds is 3. The normalized spacial score (nSPS) is 12.0. The molecular formula is C9H17N3O. The average Bonchev–Trinajstić information content (AvgIpc) is 2.33. The van der Waals surface area contributed by atoms with Crippen molar-refractivity contribution in [3.05, 3.63) is 11.9 Å². The predicted octanol–water partition coefficient (Wildman–Crippen LogP) is 0.859. The van der Waals surface area contributed by atoms with Gasteiger partial charge in [0.05, 0.1) is 18.8 Å². The average molecular weight is 183 g/mol. The summed E-state index contributed by atoms with van der Waals surface area (Å²) < 4.78 is 1.67. The van der Waals surface area contributed by atoms with E-state index < -0.39 is 0 Å². The summed E-state index contributed by atoms with van der Waals surface area (Å²) in [6.07, 6.45) is 2.81. The molecule has 74 valence electrons. The lowest BCUT2D eigenvalue weighted by molar-refractivity contribution is 0.268. The van der Waals surface area contributed by atoms with Crippen LogP contribution in [0.15, 0.2) is 6.20 Å². The van der Waals surface area contributed by atoms with Crippen molar-refractivity contribution in [3.63, 3.8) is 0 Å². The molecule has 0 saturated heterocycles. The van der Waals surface area contributed by atoms with E-state index in [1.807, 2.05) is 6.20 Å². The molecule has 13 heavy (non-hydrogen) atoms. The summed E-state index contributed by atoms with van der Waals surface area (Å²) in [5, 5.41) is 16.6. The van der Waals surface area contributed by atoms with E-state index in [4.69, 9.17) is 5.11 Å². The highest BCUT2D eigenvalue weighted by molar-refractivity contribution is 4.95. The molecule has 0 aliphatic heterocycles. The van der Waals surface area contributed by atoms with E-state index >= 15 is 0 Å². The lowest BCUT2D eigenvalue weighted by Gasteiger charge is -2.15. The molecule has 0 fully saturated rings. The van der Waals surface area contributed by atoms with Crippen molar-refractivity contribution < 1.29 is 5.11 Å². The fraction of sp³-hybridized carbons (Fsp3) is 0.778. The van der Waals surface area contributed by atoms with Gasteiger partial charge < -0.3 is 5.11 Å². The molecule has 0 bridgehead atoms. The van der Waals surface area contributed by atoms with Gasteiger partial charge in [-0.2, -0.15) is 0 Å². The second kappa shape index (κ2) is 3.87. The molecule has 0 aromatic carbocycles. The molecule has 0 radical (unpaired) electrons. The van der Waals surface area contributed by atoms with Gasteiger partial charge in [-0.3, -0.25) is 0 Å². The second-order valence-electron chi connectivity index (χ2n) is 4.43. The van der Waals surface area contributed by atoms with Crippen molar-refractivity contribution in [2.45, 2.75) is 33.7 Å². The van der Waals surface area contributed by atoms with Crippen molar-refractivity contribution in [1.82, 2.24) is 15.0 Å². The molecule has 0 unspecified atom stereocenters. The number of hydrogen-bond acceptors (Lipinski definition) is 3. The van der Waals surface area contributed by atoms with E-state index in [0.717, 1.165) is 12.1 Å². The second-order valence-corrected chi connectivity index (χ2v) is 4.43. The zero-order chi connectivity index (χ0) is 9.90. The van der Waals surface area contributed by atoms with Gasteiger partial charge >= 0.3 is 0 Å². The molecular weight excluding hydrogens is 166 g/mol. The summed E-state index contributed by atoms with van der Waals surface area (Å²) in [6, 6.07) is 0. The highest BCUT2D eigenvalue weighted by Crippen LogP contribution is 2.18. The Balaban J connectivity index is 2.59. The zero-order valence-corrected chi connectivity index (χ0v) is 8.49. The minimum atomic E-state index is 0.109. The first-order valence-corrected chi connectivity index (χ1v) is 4.51. The Morgan fingerprint density at radius 1 is 1.46 bits per heavy atom. The van der Waals surface area contributed by atoms with Crippen molar-refractivity contribution in [3.8, 4) is 0 Å². The molecule has 1 aromatic rings. The minimum Gasteiger partial charge on any atom is -0.394 e. The standard InChI is InChI=1S/C9H17N3O/c1-9(2,3)6-8-7-12(4-5-13)11-10-8/h7,13H,4-6H2,1-3H3. The molecule has 1 aromatic heterocycles. The van der Waals surface area contributed by atoms with Crippen molar-refractivity contribution in [2.24, 2.45) is 5.41 Å². The Morgan fingerprint density at radius 3 is 2.69 bits per heavy atom. The lowest BCUT2D eigenvalue weighted by Crippen LogP contribution is -2.09. The van der Waals surface area contributed by atoms with E-state index in [2.05, 4.69) is 31.1 Å². The predicted molar refractivity (Wildman–Crippen MR) is 50.3 cm³/mol. The molecule has 1 rings (SSSR count). The van der Waals surface area contributed by atoms with E-state index in [9.17, 15) is 0 Å². The zero-order valence-electron chi connectivity index (χ0n) is 8.49. The molecule has 1 N–H and O–H groups in total. The van der Waals surface area contributed by atoms with Gasteiger partial charge in [0, 0.05) is 6.20 Å². The Bertz CT molecular complexity index is 262. The summed E-state index contributed by atoms with van der Waals surface area (Å²) in [5.74, 6) is 0. The van der Waals surface area contributed by atoms with Crippen LogP contribution in [0.5, 0.6) is 0 Å². The van der Waals surface area contributed by atoms with Crippen LogP contribution in [0.25, 0.3) is 0 Å². The van der Waals surface area contributed by atoms with Crippen molar-refractivity contribution >= 4 is 0 Å². The molecule has 0 aliphatic carbocycles. The summed E-state index contributed by atoms with van der Waals surface area (Å²) in [6.45, 7) is 7.13. The third-order valence-electron chi connectivity index (χ3n) is 1.63. The molecule has 0 spiro atoms. The van der Waals surface area contributed by atoms with Crippen molar-refractivity contribution in [2.75, 3.05) is 6.61 Å². The molecule has 4 heteroatoms. The van der Waals surface area contributed by atoms with Crippen LogP contribution >= 0.6 is 0 Å². The van der Waals surface area contributed by atoms with Gasteiger partial charge in [-0.05, 0) is 11.8 Å². The highest BCUT2D eigenvalue weighted by atomic mass is 16.3. The van der Waals surface area contributed by atoms with Crippen molar-refractivity contribution in [1.29, 1.82) is 0 Å². The van der Waals surface area contributed by atoms with E-state index in [1.165, 1.54) is 0 Å². The van der Waals surface area contributed by atoms with Gasteiger partial charge in [0.2, 0.25) is 0 Å². The Labute approximate surface area is 78.6 Å². The van der Waals surface area contributed by atoms with Gasteiger partial charge in [-0.25, -0.2) is 4.68 Å². The third-order valence-corrected chi connectivity index (χ3v) is 1.63. The topological polar surface area (TPSA) is 50.9 Å². The van der Waals surface area contributed by atoms with Crippen LogP contribution in [0.4, 0.5) is 0 Å². The van der Waals surface area contributed by atoms with Gasteiger partial charge in [0.1, 0.15) is 0 Å².